The molecule has 1 N–H and O–H groups in total. The van der Waals surface area contributed by atoms with E-state index in [1.54, 1.807) is 0 Å². The molecule has 8 heteroatoms. The molecule has 0 radical (unpaired) electrons. The highest BCUT2D eigenvalue weighted by Gasteiger charge is 2.28. The smallest absolute Gasteiger partial charge is 0.222 e. The highest BCUT2D eigenvalue weighted by molar-refractivity contribution is 7.91. The number of aliphatic imine (C=N–C) groups is 1. The van der Waals surface area contributed by atoms with Crippen molar-refractivity contribution in [2.45, 2.75) is 18.9 Å². The summed E-state index contributed by atoms with van der Waals surface area (Å²) in [6.45, 7) is 0.386. The molecule has 0 saturated carbocycles. The van der Waals surface area contributed by atoms with E-state index in [-0.39, 0.29) is 29.9 Å². The number of nitrogens with zero attached hydrogens (tertiary/aromatic N) is 3. The maximum Gasteiger partial charge on any atom is 0.222 e. The second-order valence-corrected chi connectivity index (χ2v) is 7.62. The van der Waals surface area contributed by atoms with Gasteiger partial charge in [-0.15, -0.1) is 0 Å². The molecule has 1 amide bonds. The molecule has 1 heterocycles. The van der Waals surface area contributed by atoms with Crippen molar-refractivity contribution < 1.29 is 13.2 Å². The SMILES string of the molecule is CN(C)C(=NCCC(=O)NC1CCS(=O)(=O)C1)N(C)C. The van der Waals surface area contributed by atoms with E-state index < -0.39 is 9.84 Å². The maximum atomic E-state index is 11.7. The van der Waals surface area contributed by atoms with Crippen molar-refractivity contribution in [1.29, 1.82) is 0 Å². The number of guanidine groups is 1. The van der Waals surface area contributed by atoms with E-state index in [2.05, 4.69) is 10.3 Å². The van der Waals surface area contributed by atoms with Crippen LogP contribution in [0.1, 0.15) is 12.8 Å². The first-order chi connectivity index (χ1) is 9.21. The number of carbonyl (C=O) groups is 1. The summed E-state index contributed by atoms with van der Waals surface area (Å²) in [5.41, 5.74) is 0. The number of rotatable bonds is 4. The van der Waals surface area contributed by atoms with Crippen molar-refractivity contribution in [1.82, 2.24) is 15.1 Å². The third kappa shape index (κ3) is 5.36. The Morgan fingerprint density at radius 2 is 1.85 bits per heavy atom. The first kappa shape index (κ1) is 16.7. The molecule has 1 atom stereocenters. The van der Waals surface area contributed by atoms with E-state index in [4.69, 9.17) is 0 Å². The van der Waals surface area contributed by atoms with Crippen LogP contribution in [0, 0.1) is 0 Å². The second kappa shape index (κ2) is 6.92. The molecular weight excluding hydrogens is 280 g/mol. The molecule has 0 spiro atoms. The lowest BCUT2D eigenvalue weighted by atomic mass is 10.2. The van der Waals surface area contributed by atoms with Gasteiger partial charge in [0, 0.05) is 40.7 Å². The summed E-state index contributed by atoms with van der Waals surface area (Å²) in [6.07, 6.45) is 0.777. The molecule has 1 unspecified atom stereocenters. The van der Waals surface area contributed by atoms with Crippen LogP contribution in [0.2, 0.25) is 0 Å². The molecule has 116 valence electrons. The van der Waals surface area contributed by atoms with Gasteiger partial charge in [0.05, 0.1) is 18.1 Å². The van der Waals surface area contributed by atoms with Crippen molar-refractivity contribution in [2.75, 3.05) is 46.2 Å². The van der Waals surface area contributed by atoms with Gasteiger partial charge in [0.1, 0.15) is 0 Å². The molecule has 1 aliphatic heterocycles. The monoisotopic (exact) mass is 304 g/mol. The molecule has 7 nitrogen and oxygen atoms in total. The van der Waals surface area contributed by atoms with Crippen molar-refractivity contribution in [2.24, 2.45) is 4.99 Å². The molecule has 0 aromatic heterocycles. The van der Waals surface area contributed by atoms with Crippen LogP contribution in [0.15, 0.2) is 4.99 Å². The van der Waals surface area contributed by atoms with Crippen LogP contribution < -0.4 is 5.32 Å². The van der Waals surface area contributed by atoms with Crippen LogP contribution in [0.25, 0.3) is 0 Å². The predicted octanol–water partition coefficient (Wildman–Crippen LogP) is -0.841. The van der Waals surface area contributed by atoms with Gasteiger partial charge in [-0.05, 0) is 6.42 Å². The standard InChI is InChI=1S/C12H24N4O3S/c1-15(2)12(16(3)4)13-7-5-11(17)14-10-6-8-20(18,19)9-10/h10H,5-9H2,1-4H3,(H,14,17). The maximum absolute atomic E-state index is 11.7. The zero-order valence-corrected chi connectivity index (χ0v) is 13.4. The van der Waals surface area contributed by atoms with E-state index in [0.29, 0.717) is 13.0 Å². The minimum atomic E-state index is -2.95. The third-order valence-corrected chi connectivity index (χ3v) is 4.76. The number of sulfone groups is 1. The van der Waals surface area contributed by atoms with E-state index >= 15 is 0 Å². The Morgan fingerprint density at radius 1 is 1.25 bits per heavy atom. The summed E-state index contributed by atoms with van der Waals surface area (Å²) in [5, 5.41) is 2.75. The molecule has 1 fully saturated rings. The summed E-state index contributed by atoms with van der Waals surface area (Å²) >= 11 is 0. The number of carbonyl (C=O) groups excluding carboxylic acids is 1. The second-order valence-electron chi connectivity index (χ2n) is 5.39. The minimum absolute atomic E-state index is 0.0582. The molecule has 0 aromatic rings. The molecule has 1 saturated heterocycles. The summed E-state index contributed by atoms with van der Waals surface area (Å²) in [6, 6.07) is -0.237. The number of nitrogens with one attached hydrogen (secondary N) is 1. The van der Waals surface area contributed by atoms with E-state index in [0.717, 1.165) is 5.96 Å². The Labute approximate surface area is 120 Å². The molecule has 1 aliphatic rings. The lowest BCUT2D eigenvalue weighted by Crippen LogP contribution is -2.37. The summed E-state index contributed by atoms with van der Waals surface area (Å²) < 4.78 is 22.6. The van der Waals surface area contributed by atoms with Gasteiger partial charge in [-0.2, -0.15) is 0 Å². The van der Waals surface area contributed by atoms with Gasteiger partial charge in [0.2, 0.25) is 5.91 Å². The van der Waals surface area contributed by atoms with Gasteiger partial charge in [-0.1, -0.05) is 0 Å². The summed E-state index contributed by atoms with van der Waals surface area (Å²) in [4.78, 5) is 19.8. The van der Waals surface area contributed by atoms with Gasteiger partial charge in [0.25, 0.3) is 0 Å². The Morgan fingerprint density at radius 3 is 2.30 bits per heavy atom. The van der Waals surface area contributed by atoms with Crippen LogP contribution in [0.5, 0.6) is 0 Å². The Hall–Kier alpha value is -1.31. The van der Waals surface area contributed by atoms with Gasteiger partial charge in [-0.25, -0.2) is 8.42 Å². The van der Waals surface area contributed by atoms with E-state index in [9.17, 15) is 13.2 Å². The van der Waals surface area contributed by atoms with Crippen LogP contribution in [0.4, 0.5) is 0 Å². The average molecular weight is 304 g/mol. The van der Waals surface area contributed by atoms with Gasteiger partial charge >= 0.3 is 0 Å². The summed E-state index contributed by atoms with van der Waals surface area (Å²) in [5.74, 6) is 0.874. The lowest BCUT2D eigenvalue weighted by molar-refractivity contribution is -0.121. The summed E-state index contributed by atoms with van der Waals surface area (Å²) in [7, 11) is 4.61. The number of amides is 1. The fourth-order valence-corrected chi connectivity index (χ4v) is 3.82. The fraction of sp³-hybridized carbons (Fsp3) is 0.833. The number of hydrogen-bond acceptors (Lipinski definition) is 4. The Kier molecular flexibility index (Phi) is 5.79. The first-order valence-corrected chi connectivity index (χ1v) is 8.42. The molecule has 20 heavy (non-hydrogen) atoms. The van der Waals surface area contributed by atoms with Crippen molar-refractivity contribution in [3.05, 3.63) is 0 Å². The van der Waals surface area contributed by atoms with Gasteiger partial charge in [0.15, 0.2) is 15.8 Å². The van der Waals surface area contributed by atoms with Crippen molar-refractivity contribution in [3.63, 3.8) is 0 Å². The van der Waals surface area contributed by atoms with Crippen LogP contribution in [-0.2, 0) is 14.6 Å². The molecule has 0 aromatic carbocycles. The van der Waals surface area contributed by atoms with Gasteiger partial charge < -0.3 is 15.1 Å². The Bertz CT molecular complexity index is 461. The third-order valence-electron chi connectivity index (χ3n) is 2.99. The van der Waals surface area contributed by atoms with E-state index in [1.165, 1.54) is 0 Å². The largest absolute Gasteiger partial charge is 0.352 e. The lowest BCUT2D eigenvalue weighted by Gasteiger charge is -2.22. The van der Waals surface area contributed by atoms with Crippen LogP contribution in [-0.4, -0.2) is 82.4 Å². The van der Waals surface area contributed by atoms with Crippen molar-refractivity contribution in [3.8, 4) is 0 Å². The van der Waals surface area contributed by atoms with Gasteiger partial charge in [-0.3, -0.25) is 9.79 Å². The highest BCUT2D eigenvalue weighted by atomic mass is 32.2. The van der Waals surface area contributed by atoms with Crippen LogP contribution in [0.3, 0.4) is 0 Å². The molecule has 0 aliphatic carbocycles. The quantitative estimate of drug-likeness (QED) is 0.541. The average Bonchev–Trinajstić information content (AvgIpc) is 2.63. The van der Waals surface area contributed by atoms with Crippen molar-refractivity contribution >= 4 is 21.7 Å². The molecule has 0 bridgehead atoms. The molecular formula is C12H24N4O3S. The van der Waals surface area contributed by atoms with E-state index in [1.807, 2.05) is 38.0 Å². The zero-order valence-electron chi connectivity index (χ0n) is 12.6. The normalized spacial score (nSPS) is 20.3. The first-order valence-electron chi connectivity index (χ1n) is 6.60. The Balaban J connectivity index is 2.39. The minimum Gasteiger partial charge on any atom is -0.352 e. The fourth-order valence-electron chi connectivity index (χ4n) is 2.15. The predicted molar refractivity (Wildman–Crippen MR) is 79.5 cm³/mol. The van der Waals surface area contributed by atoms with Crippen LogP contribution >= 0.6 is 0 Å². The number of hydrogen-bond donors (Lipinski definition) is 1. The highest BCUT2D eigenvalue weighted by Crippen LogP contribution is 2.11. The molecule has 1 rings (SSSR count). The topological polar surface area (TPSA) is 82.1 Å². The zero-order chi connectivity index (χ0) is 15.3.